The second-order valence-electron chi connectivity index (χ2n) is 31.0. The van der Waals surface area contributed by atoms with Crippen molar-refractivity contribution in [1.29, 1.82) is 0 Å². The highest BCUT2D eigenvalue weighted by atomic mass is 79.9. The molecule has 17 N–H and O–H groups in total. The topological polar surface area (TPSA) is 492 Å². The number of nitrogens with two attached hydrogens (primary N) is 3. The first kappa shape index (κ1) is 101. The van der Waals surface area contributed by atoms with Crippen LogP contribution in [-0.2, 0) is 57.6 Å². The summed E-state index contributed by atoms with van der Waals surface area (Å²) in [6.45, 7) is 29.5. The lowest BCUT2D eigenvalue weighted by Gasteiger charge is -2.38. The van der Waals surface area contributed by atoms with Crippen LogP contribution in [0.5, 0.6) is 0 Å². The van der Waals surface area contributed by atoms with Gasteiger partial charge in [0.25, 0.3) is 0 Å². The molecule has 30 heteroatoms. The number of alkyl carbamates (subject to hydrolysis) is 3. The number of Topliss-reactive ketones (excluding diaryl/α,β-unsaturated/α-hetero) is 2. The van der Waals surface area contributed by atoms with Gasteiger partial charge < -0.3 is 78.2 Å². The number of amides is 4. The van der Waals surface area contributed by atoms with Gasteiger partial charge in [0.05, 0.1) is 37.4 Å². The maximum atomic E-state index is 11.7. The smallest absolute Gasteiger partial charge is 0.407 e. The highest BCUT2D eigenvalue weighted by Gasteiger charge is 2.41. The Balaban J connectivity index is -0.00000117. The SMILES string of the molecule is C.C.C=C1CCC(=O)CC1.C=C1CCC(CN)(CC(=O)O)CC1.C=C1CCC(CNC(=O)OC(C)(C)C)(CC(=O)O)CC1.CC(C)(C)OC(=O)NCC1(CC(=O)O)CCC(=O)CC1.CC(C)(C)OC(=O)NCC1(CC(=O)O)CCC(N)CC1.NCC1(CC(=O)O)CCC(NC(=O)CBr)CC1.OOO. The number of rotatable bonds is 20. The molecule has 6 saturated carbocycles. The van der Waals surface area contributed by atoms with Gasteiger partial charge in [-0.15, -0.1) is 0 Å². The summed E-state index contributed by atoms with van der Waals surface area (Å²) in [5, 5.41) is 71.6. The van der Waals surface area contributed by atoms with Crippen LogP contribution in [0.25, 0.3) is 0 Å². The largest absolute Gasteiger partial charge is 0.481 e. The summed E-state index contributed by atoms with van der Waals surface area (Å²) in [6.07, 6.45) is 16.9. The number of hydrogen-bond donors (Lipinski definition) is 14. The molecule has 0 aromatic rings. The van der Waals surface area contributed by atoms with E-state index in [0.29, 0.717) is 63.0 Å². The van der Waals surface area contributed by atoms with E-state index in [-0.39, 0.29) is 93.5 Å². The molecule has 0 aromatic carbocycles. The van der Waals surface area contributed by atoms with E-state index < -0.39 is 75.8 Å². The number of carboxylic acid groups (broad SMARTS) is 5. The van der Waals surface area contributed by atoms with Crippen LogP contribution in [0.15, 0.2) is 36.5 Å². The molecule has 0 bridgehead atoms. The molecule has 6 rings (SSSR count). The second-order valence-corrected chi connectivity index (χ2v) is 31.6. The van der Waals surface area contributed by atoms with Gasteiger partial charge >= 0.3 is 48.1 Å². The van der Waals surface area contributed by atoms with Gasteiger partial charge in [0.1, 0.15) is 28.4 Å². The molecule has 0 unspecified atom stereocenters. The van der Waals surface area contributed by atoms with Gasteiger partial charge in [-0.05, 0) is 231 Å². The Kier molecular flexibility index (Phi) is 47.4. The number of carbonyl (C=O) groups is 11. The fraction of sp³-hybridized carbons (Fsp3) is 0.767. The standard InChI is InChI=1S/C15H25NO4.C14H26N2O4.C14H23NO5.C11H19BrN2O3.C10H17NO2.C7H10O.2CH4.H2O3/c1-11-5-7-15(8-6-11,9-12(17)18)10-16-13(19)20-14(2,3)4;1-13(2,3)20-12(19)16-9-14(8-11(17)18)6-4-10(15)5-7-14;1-13(2,3)20-12(19)15-9-14(8-11(17)18)6-4-10(16)5-7-14;12-6-9(15)14-8-1-3-11(7-13,4-2-8)5-10(16)17;1-8-2-4-10(7-11,5-3-8)6-9(12)13;1-6-2-4-7(8)5-3-6;;;1-3-2/h1,5-10H2,2-4H3,(H,16,19)(H,17,18);10H,4-9,15H2,1-3H3,(H,16,19)(H,17,18);4-9H2,1-3H3,(H,15,19)(H,17,18);8H,1-7,13H2,(H,14,15)(H,16,17);1-7,11H2,(H,12,13);1-5H2;2*1H4;1-2H. The minimum atomic E-state index is -0.912. The monoisotopic (exact) mass is 1540 g/mol. The molecular formula is C73H130BrN7O22. The first-order valence-corrected chi connectivity index (χ1v) is 35.8. The Bertz CT molecular complexity index is 2590. The lowest BCUT2D eigenvalue weighted by atomic mass is 9.70. The van der Waals surface area contributed by atoms with E-state index in [9.17, 15) is 52.7 Å². The van der Waals surface area contributed by atoms with E-state index in [2.05, 4.69) is 62.0 Å². The number of ketones is 2. The van der Waals surface area contributed by atoms with Gasteiger partial charge in [-0.2, -0.15) is 0 Å². The normalized spacial score (nSPS) is 21.7. The predicted molar refractivity (Wildman–Crippen MR) is 396 cm³/mol. The van der Waals surface area contributed by atoms with E-state index in [1.807, 2.05) is 0 Å². The van der Waals surface area contributed by atoms with Crippen molar-refractivity contribution in [3.63, 3.8) is 0 Å². The average molecular weight is 1540 g/mol. The van der Waals surface area contributed by atoms with E-state index >= 15 is 0 Å². The van der Waals surface area contributed by atoms with E-state index in [1.165, 1.54) is 11.1 Å². The van der Waals surface area contributed by atoms with Gasteiger partial charge in [0.15, 0.2) is 0 Å². The first-order valence-electron chi connectivity index (χ1n) is 34.6. The molecule has 29 nitrogen and oxygen atoms in total. The molecule has 6 aliphatic carbocycles. The van der Waals surface area contributed by atoms with Gasteiger partial charge in [-0.1, -0.05) is 72.3 Å². The molecule has 596 valence electrons. The third-order valence-electron chi connectivity index (χ3n) is 18.6. The zero-order chi connectivity index (χ0) is 77.6. The van der Waals surface area contributed by atoms with Crippen molar-refractivity contribution in [2.75, 3.05) is 38.1 Å². The summed E-state index contributed by atoms with van der Waals surface area (Å²) in [4.78, 5) is 123. The second kappa shape index (κ2) is 48.5. The number of alkyl halides is 1. The predicted octanol–water partition coefficient (Wildman–Crippen LogP) is 12.4. The average Bonchev–Trinajstić information content (AvgIpc) is 0.854. The zero-order valence-corrected chi connectivity index (χ0v) is 63.0. The fourth-order valence-corrected chi connectivity index (χ4v) is 12.7. The summed E-state index contributed by atoms with van der Waals surface area (Å²) in [7, 11) is 0. The molecular weight excluding hydrogens is 1410 g/mol. The third-order valence-corrected chi connectivity index (χ3v) is 19.1. The van der Waals surface area contributed by atoms with Gasteiger partial charge in [-0.3, -0.25) is 38.4 Å². The van der Waals surface area contributed by atoms with E-state index in [4.69, 9.17) is 67.5 Å². The molecule has 0 saturated heterocycles. The number of ether oxygens (including phenoxy) is 3. The molecule has 103 heavy (non-hydrogen) atoms. The van der Waals surface area contributed by atoms with Crippen molar-refractivity contribution >= 4 is 81.5 Å². The molecule has 6 fully saturated rings. The number of carbonyl (C=O) groups excluding carboxylic acids is 6. The van der Waals surface area contributed by atoms with Crippen molar-refractivity contribution in [1.82, 2.24) is 21.3 Å². The van der Waals surface area contributed by atoms with Crippen LogP contribution >= 0.6 is 15.9 Å². The van der Waals surface area contributed by atoms with Crippen LogP contribution in [0.4, 0.5) is 14.4 Å². The van der Waals surface area contributed by atoms with Gasteiger partial charge in [0, 0.05) is 57.4 Å². The molecule has 0 radical (unpaired) electrons. The van der Waals surface area contributed by atoms with Gasteiger partial charge in [0.2, 0.25) is 5.91 Å². The number of halogens is 1. The van der Waals surface area contributed by atoms with Crippen LogP contribution in [0.2, 0.25) is 0 Å². The van der Waals surface area contributed by atoms with Crippen LogP contribution < -0.4 is 38.5 Å². The lowest BCUT2D eigenvalue weighted by Crippen LogP contribution is -2.44. The summed E-state index contributed by atoms with van der Waals surface area (Å²) in [6, 6.07) is 0.298. The molecule has 0 heterocycles. The number of hydrogen-bond acceptors (Lipinski definition) is 20. The molecule has 4 amide bonds. The summed E-state index contributed by atoms with van der Waals surface area (Å²) >= 11 is 3.10. The van der Waals surface area contributed by atoms with Crippen molar-refractivity contribution in [3.8, 4) is 0 Å². The maximum absolute atomic E-state index is 11.7. The molecule has 6 aliphatic rings. The highest BCUT2D eigenvalue weighted by molar-refractivity contribution is 9.09. The van der Waals surface area contributed by atoms with Crippen LogP contribution in [-0.4, -0.2) is 169 Å². The Morgan fingerprint density at radius 3 is 0.951 bits per heavy atom. The van der Waals surface area contributed by atoms with Crippen LogP contribution in [0.3, 0.4) is 0 Å². The van der Waals surface area contributed by atoms with Crippen LogP contribution in [0, 0.1) is 27.1 Å². The maximum Gasteiger partial charge on any atom is 0.407 e. The number of carboxylic acids is 5. The minimum Gasteiger partial charge on any atom is -0.481 e. The van der Waals surface area contributed by atoms with Crippen molar-refractivity contribution in [2.45, 2.75) is 292 Å². The quantitative estimate of drug-likeness (QED) is 0.0177. The number of aliphatic carboxylic acids is 5. The van der Waals surface area contributed by atoms with Crippen molar-refractivity contribution in [3.05, 3.63) is 36.5 Å². The Morgan fingerprint density at radius 2 is 0.680 bits per heavy atom. The Morgan fingerprint density at radius 1 is 0.437 bits per heavy atom. The third kappa shape index (κ3) is 46.8. The van der Waals surface area contributed by atoms with E-state index in [0.717, 1.165) is 134 Å². The fourth-order valence-electron chi connectivity index (χ4n) is 12.6. The first-order chi connectivity index (χ1) is 46.6. The highest BCUT2D eigenvalue weighted by Crippen LogP contribution is 2.43. The summed E-state index contributed by atoms with van der Waals surface area (Å²) in [5.41, 5.74) is 17.4. The summed E-state index contributed by atoms with van der Waals surface area (Å²) < 4.78 is 15.5. The van der Waals surface area contributed by atoms with Crippen molar-refractivity contribution in [2.24, 2.45) is 44.3 Å². The Hall–Kier alpha value is -6.57. The molecule has 0 aliphatic heterocycles. The number of nitrogens with one attached hydrogen (secondary N) is 4. The minimum absolute atomic E-state index is 0. The lowest BCUT2D eigenvalue weighted by molar-refractivity contribution is -0.465. The molecule has 0 atom stereocenters. The molecule has 0 spiro atoms. The zero-order valence-electron chi connectivity index (χ0n) is 61.4. The van der Waals surface area contributed by atoms with E-state index in [1.54, 1.807) is 62.3 Å². The Labute approximate surface area is 619 Å². The van der Waals surface area contributed by atoms with Crippen molar-refractivity contribution < 1.29 is 108 Å². The number of allylic oxidation sites excluding steroid dienone is 3. The summed E-state index contributed by atoms with van der Waals surface area (Å²) in [5.74, 6) is -3.58. The van der Waals surface area contributed by atoms with Gasteiger partial charge in [-0.25, -0.2) is 24.9 Å². The molecule has 0 aromatic heterocycles. The van der Waals surface area contributed by atoms with Crippen LogP contribution in [0.1, 0.15) is 263 Å².